The van der Waals surface area contributed by atoms with Gasteiger partial charge in [0, 0.05) is 31.1 Å². The highest BCUT2D eigenvalue weighted by Crippen LogP contribution is 2.50. The number of nitrogens with zero attached hydrogens (tertiary/aromatic N) is 2. The minimum Gasteiger partial charge on any atom is -0.480 e. The van der Waals surface area contributed by atoms with Crippen LogP contribution >= 0.6 is 0 Å². The molecule has 0 aliphatic carbocycles. The number of likely N-dealkylation sites (tertiary alicyclic amines) is 1. The number of ether oxygens (including phenoxy) is 1. The average molecular weight is 598 g/mol. The first-order valence-corrected chi connectivity index (χ1v) is 14.8. The number of carboxylic acid groups (broad SMARTS) is 1. The summed E-state index contributed by atoms with van der Waals surface area (Å²) in [4.78, 5) is 52.8. The van der Waals surface area contributed by atoms with E-state index >= 15 is 0 Å². The van der Waals surface area contributed by atoms with Crippen molar-refractivity contribution in [3.05, 3.63) is 112 Å². The largest absolute Gasteiger partial charge is 0.480 e. The number of hydrogen-bond acceptors (Lipinski definition) is 7. The number of rotatable bonds is 13. The number of carboxylic acids is 1. The van der Waals surface area contributed by atoms with Crippen LogP contribution in [0.5, 0.6) is 11.5 Å². The molecule has 2 aliphatic heterocycles. The van der Waals surface area contributed by atoms with Gasteiger partial charge < -0.3 is 9.84 Å². The number of amides is 2. The third kappa shape index (κ3) is 6.12. The summed E-state index contributed by atoms with van der Waals surface area (Å²) in [5, 5.41) is 25.1. The fourth-order valence-corrected chi connectivity index (χ4v) is 6.19. The number of fused-ring (bicyclic) bond motifs is 1. The SMILES string of the molecule is CCCCC=CCCN1C(=O)C2C(c3ccc(Oc4ccccc4)cc3)NC(Cc3ccc([N+](=O)[O-])cc3)(C(=O)O)C2C1=O. The summed E-state index contributed by atoms with van der Waals surface area (Å²) in [6.07, 6.45) is 7.35. The zero-order valence-corrected chi connectivity index (χ0v) is 24.4. The molecule has 0 bridgehead atoms. The van der Waals surface area contributed by atoms with E-state index in [-0.39, 0.29) is 18.7 Å². The van der Waals surface area contributed by atoms with Gasteiger partial charge in [-0.3, -0.25) is 34.7 Å². The van der Waals surface area contributed by atoms with Gasteiger partial charge in [0.2, 0.25) is 11.8 Å². The molecular formula is C34H35N3O7. The van der Waals surface area contributed by atoms with Crippen molar-refractivity contribution in [2.45, 2.75) is 50.6 Å². The number of nitrogens with one attached hydrogen (secondary N) is 1. The minimum absolute atomic E-state index is 0.128. The first-order valence-electron chi connectivity index (χ1n) is 14.8. The van der Waals surface area contributed by atoms with Crippen LogP contribution in [-0.4, -0.2) is 44.8 Å². The van der Waals surface area contributed by atoms with Crippen molar-refractivity contribution >= 4 is 23.5 Å². The summed E-state index contributed by atoms with van der Waals surface area (Å²) in [7, 11) is 0. The Hall–Kier alpha value is -4.83. The van der Waals surface area contributed by atoms with E-state index in [4.69, 9.17) is 4.74 Å². The van der Waals surface area contributed by atoms with Crippen molar-refractivity contribution in [3.8, 4) is 11.5 Å². The Labute approximate surface area is 255 Å². The molecule has 0 aromatic heterocycles. The van der Waals surface area contributed by atoms with Gasteiger partial charge in [-0.1, -0.05) is 74.4 Å². The molecule has 2 N–H and O–H groups in total. The molecule has 3 aromatic carbocycles. The first-order chi connectivity index (χ1) is 21.2. The van der Waals surface area contributed by atoms with Crippen LogP contribution in [0.4, 0.5) is 5.69 Å². The molecule has 2 fully saturated rings. The van der Waals surface area contributed by atoms with Gasteiger partial charge in [-0.2, -0.15) is 0 Å². The molecule has 2 amide bonds. The van der Waals surface area contributed by atoms with Gasteiger partial charge in [-0.15, -0.1) is 0 Å². The Kier molecular flexibility index (Phi) is 9.20. The van der Waals surface area contributed by atoms with Gasteiger partial charge in [-0.25, -0.2) is 0 Å². The second kappa shape index (κ2) is 13.2. The van der Waals surface area contributed by atoms with E-state index in [2.05, 4.69) is 12.2 Å². The molecule has 10 heteroatoms. The summed E-state index contributed by atoms with van der Waals surface area (Å²) >= 11 is 0. The van der Waals surface area contributed by atoms with Crippen LogP contribution in [0.25, 0.3) is 0 Å². The summed E-state index contributed by atoms with van der Waals surface area (Å²) < 4.78 is 5.90. The lowest BCUT2D eigenvalue weighted by molar-refractivity contribution is -0.384. The average Bonchev–Trinajstić information content (AvgIpc) is 3.49. The lowest BCUT2D eigenvalue weighted by atomic mass is 9.76. The van der Waals surface area contributed by atoms with E-state index in [1.807, 2.05) is 42.5 Å². The Morgan fingerprint density at radius 2 is 1.64 bits per heavy atom. The maximum Gasteiger partial charge on any atom is 0.325 e. The molecule has 4 unspecified atom stereocenters. The molecule has 2 heterocycles. The van der Waals surface area contributed by atoms with E-state index in [0.29, 0.717) is 29.0 Å². The van der Waals surface area contributed by atoms with Crippen LogP contribution in [-0.2, 0) is 20.8 Å². The van der Waals surface area contributed by atoms with Crippen LogP contribution in [0.15, 0.2) is 91.0 Å². The Bertz CT molecular complexity index is 1540. The van der Waals surface area contributed by atoms with Crippen LogP contribution in [0.3, 0.4) is 0 Å². The van der Waals surface area contributed by atoms with Crippen molar-refractivity contribution in [2.24, 2.45) is 11.8 Å². The monoisotopic (exact) mass is 597 g/mol. The molecule has 0 saturated carbocycles. The summed E-state index contributed by atoms with van der Waals surface area (Å²) in [5.74, 6) is -3.09. The first kappa shape index (κ1) is 30.6. The van der Waals surface area contributed by atoms with Gasteiger partial charge in [0.15, 0.2) is 0 Å². The van der Waals surface area contributed by atoms with Gasteiger partial charge in [0.05, 0.1) is 16.8 Å². The Morgan fingerprint density at radius 1 is 0.977 bits per heavy atom. The van der Waals surface area contributed by atoms with E-state index in [1.165, 1.54) is 29.2 Å². The van der Waals surface area contributed by atoms with Crippen molar-refractivity contribution in [2.75, 3.05) is 6.54 Å². The standard InChI is InChI=1S/C34H35N3O7/c1-2-3-4-5-6-10-21-36-31(38)28-29(32(36)39)34(33(40)41,22-23-13-17-25(18-14-23)37(42)43)35-30(28)24-15-19-27(20-16-24)44-26-11-8-7-9-12-26/h5-9,11-20,28-30,35H,2-4,10,21-22H2,1H3,(H,40,41). The Morgan fingerprint density at radius 3 is 2.27 bits per heavy atom. The number of nitro groups is 1. The predicted molar refractivity (Wildman–Crippen MR) is 163 cm³/mol. The van der Waals surface area contributed by atoms with Crippen LogP contribution in [0, 0.1) is 22.0 Å². The quantitative estimate of drug-likeness (QED) is 0.0824. The third-order valence-electron chi connectivity index (χ3n) is 8.39. The van der Waals surface area contributed by atoms with Crippen LogP contribution in [0.2, 0.25) is 0 Å². The topological polar surface area (TPSA) is 139 Å². The highest BCUT2D eigenvalue weighted by atomic mass is 16.6. The number of carbonyl (C=O) groups is 3. The van der Waals surface area contributed by atoms with Gasteiger partial charge in [-0.05, 0) is 48.2 Å². The van der Waals surface area contributed by atoms with Crippen LogP contribution in [0.1, 0.15) is 49.8 Å². The van der Waals surface area contributed by atoms with Crippen molar-refractivity contribution in [3.63, 3.8) is 0 Å². The number of benzene rings is 3. The molecule has 10 nitrogen and oxygen atoms in total. The number of unbranched alkanes of at least 4 members (excludes halogenated alkanes) is 2. The second-order valence-electron chi connectivity index (χ2n) is 11.2. The van der Waals surface area contributed by atoms with Crippen molar-refractivity contribution in [1.82, 2.24) is 10.2 Å². The number of imide groups is 1. The van der Waals surface area contributed by atoms with Gasteiger partial charge in [0.25, 0.3) is 5.69 Å². The molecule has 228 valence electrons. The van der Waals surface area contributed by atoms with Crippen LogP contribution < -0.4 is 10.1 Å². The minimum atomic E-state index is -1.82. The van der Waals surface area contributed by atoms with E-state index in [1.54, 1.807) is 24.3 Å². The molecule has 0 spiro atoms. The van der Waals surface area contributed by atoms with Gasteiger partial charge >= 0.3 is 5.97 Å². The van der Waals surface area contributed by atoms with Crippen molar-refractivity contribution in [1.29, 1.82) is 0 Å². The zero-order chi connectivity index (χ0) is 31.3. The second-order valence-corrected chi connectivity index (χ2v) is 11.2. The Balaban J connectivity index is 1.47. The van der Waals surface area contributed by atoms with E-state index in [0.717, 1.165) is 19.3 Å². The smallest absolute Gasteiger partial charge is 0.325 e. The maximum absolute atomic E-state index is 13.9. The van der Waals surface area contributed by atoms with E-state index < -0.39 is 46.1 Å². The molecule has 5 rings (SSSR count). The summed E-state index contributed by atoms with van der Waals surface area (Å²) in [5.41, 5.74) is -0.802. The lowest BCUT2D eigenvalue weighted by Crippen LogP contribution is -2.57. The molecule has 44 heavy (non-hydrogen) atoms. The number of carbonyl (C=O) groups excluding carboxylic acids is 2. The summed E-state index contributed by atoms with van der Waals surface area (Å²) in [6.45, 7) is 2.27. The molecule has 2 aliphatic rings. The van der Waals surface area contributed by atoms with Gasteiger partial charge in [0.1, 0.15) is 17.0 Å². The number of hydrogen-bond donors (Lipinski definition) is 2. The third-order valence-corrected chi connectivity index (χ3v) is 8.39. The van der Waals surface area contributed by atoms with E-state index in [9.17, 15) is 29.6 Å². The molecule has 0 radical (unpaired) electrons. The summed E-state index contributed by atoms with van der Waals surface area (Å²) in [6, 6.07) is 21.1. The number of non-ortho nitro benzene ring substituents is 1. The van der Waals surface area contributed by atoms with Crippen molar-refractivity contribution < 1.29 is 29.2 Å². The fraction of sp³-hybridized carbons (Fsp3) is 0.324. The maximum atomic E-state index is 13.9. The molecule has 3 aromatic rings. The highest BCUT2D eigenvalue weighted by Gasteiger charge is 2.68. The normalized spacial score (nSPS) is 22.8. The number of nitro benzene ring substituents is 1. The number of para-hydroxylation sites is 1. The lowest BCUT2D eigenvalue weighted by Gasteiger charge is -2.31. The molecule has 4 atom stereocenters. The zero-order valence-electron chi connectivity index (χ0n) is 24.4. The predicted octanol–water partition coefficient (Wildman–Crippen LogP) is 5.84. The molecule has 2 saturated heterocycles. The highest BCUT2D eigenvalue weighted by molar-refractivity contribution is 6.09. The number of aliphatic carboxylic acids is 1. The number of allylic oxidation sites excluding steroid dienone is 1. The fourth-order valence-electron chi connectivity index (χ4n) is 6.19. The molecular weight excluding hydrogens is 562 g/mol.